The first-order valence-electron chi connectivity index (χ1n) is 7.50. The normalized spacial score (nSPS) is 10.8. The Bertz CT molecular complexity index is 350. The monoisotopic (exact) mass is 264 g/mol. The molecule has 0 aliphatic heterocycles. The summed E-state index contributed by atoms with van der Waals surface area (Å²) in [6.07, 6.45) is 4.28. The SMILES string of the molecule is CCCc1nc(NCC)cc(N(C)C(CC)CC)n1. The second kappa shape index (κ2) is 7.97. The molecule has 0 unspecified atom stereocenters. The molecule has 1 heterocycles. The van der Waals surface area contributed by atoms with Crippen molar-refractivity contribution in [1.29, 1.82) is 0 Å². The summed E-state index contributed by atoms with van der Waals surface area (Å²) in [4.78, 5) is 11.5. The third-order valence-corrected chi connectivity index (χ3v) is 3.44. The van der Waals surface area contributed by atoms with E-state index in [2.05, 4.69) is 56.0 Å². The van der Waals surface area contributed by atoms with E-state index in [0.717, 1.165) is 49.7 Å². The molecule has 0 aromatic carbocycles. The Morgan fingerprint density at radius 1 is 1.16 bits per heavy atom. The number of aryl methyl sites for hydroxylation is 1. The zero-order valence-corrected chi connectivity index (χ0v) is 13.0. The van der Waals surface area contributed by atoms with Crippen LogP contribution in [-0.4, -0.2) is 29.6 Å². The topological polar surface area (TPSA) is 41.1 Å². The van der Waals surface area contributed by atoms with Crippen molar-refractivity contribution in [2.45, 2.75) is 59.4 Å². The van der Waals surface area contributed by atoms with Crippen LogP contribution in [0.3, 0.4) is 0 Å². The lowest BCUT2D eigenvalue weighted by Crippen LogP contribution is -2.31. The van der Waals surface area contributed by atoms with Gasteiger partial charge in [-0.1, -0.05) is 20.8 Å². The van der Waals surface area contributed by atoms with Crippen LogP contribution in [0.1, 0.15) is 52.8 Å². The number of aromatic nitrogens is 2. The van der Waals surface area contributed by atoms with Gasteiger partial charge in [0, 0.05) is 32.1 Å². The van der Waals surface area contributed by atoms with E-state index in [4.69, 9.17) is 4.98 Å². The second-order valence-corrected chi connectivity index (χ2v) is 4.89. The first-order valence-corrected chi connectivity index (χ1v) is 7.50. The van der Waals surface area contributed by atoms with Crippen molar-refractivity contribution >= 4 is 11.6 Å². The fourth-order valence-electron chi connectivity index (χ4n) is 2.29. The second-order valence-electron chi connectivity index (χ2n) is 4.89. The number of hydrogen-bond acceptors (Lipinski definition) is 4. The summed E-state index contributed by atoms with van der Waals surface area (Å²) in [6.45, 7) is 9.59. The summed E-state index contributed by atoms with van der Waals surface area (Å²) in [5.74, 6) is 2.91. The van der Waals surface area contributed by atoms with Crippen LogP contribution in [0, 0.1) is 0 Å². The molecule has 0 fully saturated rings. The third kappa shape index (κ3) is 4.37. The molecule has 0 atom stereocenters. The number of anilines is 2. The summed E-state index contributed by atoms with van der Waals surface area (Å²) in [6, 6.07) is 2.60. The van der Waals surface area contributed by atoms with E-state index in [0.29, 0.717) is 6.04 Å². The van der Waals surface area contributed by atoms with Gasteiger partial charge in [-0.3, -0.25) is 0 Å². The minimum Gasteiger partial charge on any atom is -0.370 e. The Balaban J connectivity index is 3.03. The highest BCUT2D eigenvalue weighted by Gasteiger charge is 2.14. The molecule has 0 radical (unpaired) electrons. The average molecular weight is 264 g/mol. The summed E-state index contributed by atoms with van der Waals surface area (Å²) in [5, 5.41) is 3.30. The number of hydrogen-bond donors (Lipinski definition) is 1. The van der Waals surface area contributed by atoms with Gasteiger partial charge in [0.15, 0.2) is 0 Å². The van der Waals surface area contributed by atoms with E-state index in [1.165, 1.54) is 0 Å². The zero-order valence-electron chi connectivity index (χ0n) is 13.0. The van der Waals surface area contributed by atoms with Gasteiger partial charge in [-0.15, -0.1) is 0 Å². The Labute approximate surface area is 117 Å². The van der Waals surface area contributed by atoms with E-state index in [9.17, 15) is 0 Å². The molecular formula is C15H28N4. The van der Waals surface area contributed by atoms with Crippen LogP contribution in [0.15, 0.2) is 6.07 Å². The molecule has 108 valence electrons. The van der Waals surface area contributed by atoms with Gasteiger partial charge in [0.2, 0.25) is 0 Å². The van der Waals surface area contributed by atoms with Crippen LogP contribution < -0.4 is 10.2 Å². The first-order chi connectivity index (χ1) is 9.15. The molecule has 0 amide bonds. The Hall–Kier alpha value is -1.32. The molecule has 4 heteroatoms. The molecule has 0 aliphatic carbocycles. The molecule has 1 aromatic rings. The fraction of sp³-hybridized carbons (Fsp3) is 0.733. The van der Waals surface area contributed by atoms with Crippen LogP contribution in [0.25, 0.3) is 0 Å². The van der Waals surface area contributed by atoms with Crippen molar-refractivity contribution in [2.24, 2.45) is 0 Å². The van der Waals surface area contributed by atoms with Crippen molar-refractivity contribution in [2.75, 3.05) is 23.8 Å². The molecule has 4 nitrogen and oxygen atoms in total. The lowest BCUT2D eigenvalue weighted by molar-refractivity contribution is 0.585. The van der Waals surface area contributed by atoms with Gasteiger partial charge in [0.05, 0.1) is 0 Å². The van der Waals surface area contributed by atoms with Gasteiger partial charge in [-0.25, -0.2) is 9.97 Å². The number of rotatable bonds is 8. The predicted octanol–water partition coefficient (Wildman–Crippen LogP) is 3.49. The minimum atomic E-state index is 0.541. The van der Waals surface area contributed by atoms with Crippen LogP contribution >= 0.6 is 0 Å². The third-order valence-electron chi connectivity index (χ3n) is 3.44. The van der Waals surface area contributed by atoms with E-state index in [1.807, 2.05) is 0 Å². The Morgan fingerprint density at radius 3 is 2.37 bits per heavy atom. The summed E-state index contributed by atoms with van der Waals surface area (Å²) < 4.78 is 0. The van der Waals surface area contributed by atoms with E-state index in [1.54, 1.807) is 0 Å². The maximum Gasteiger partial charge on any atom is 0.134 e. The highest BCUT2D eigenvalue weighted by Crippen LogP contribution is 2.20. The zero-order chi connectivity index (χ0) is 14.3. The molecule has 0 saturated carbocycles. The molecule has 1 N–H and O–H groups in total. The predicted molar refractivity (Wildman–Crippen MR) is 83.0 cm³/mol. The van der Waals surface area contributed by atoms with Crippen molar-refractivity contribution < 1.29 is 0 Å². The van der Waals surface area contributed by atoms with Gasteiger partial charge >= 0.3 is 0 Å². The number of nitrogens with zero attached hydrogens (tertiary/aromatic N) is 3. The van der Waals surface area contributed by atoms with Crippen LogP contribution in [0.4, 0.5) is 11.6 Å². The quantitative estimate of drug-likeness (QED) is 0.780. The molecule has 0 bridgehead atoms. The standard InChI is InChI=1S/C15H28N4/c1-6-10-13-17-14(16-9-4)11-15(18-13)19(5)12(7-2)8-3/h11-12H,6-10H2,1-5H3,(H,16,17,18). The smallest absolute Gasteiger partial charge is 0.134 e. The lowest BCUT2D eigenvalue weighted by atomic mass is 10.1. The van der Waals surface area contributed by atoms with Gasteiger partial charge in [0.25, 0.3) is 0 Å². The lowest BCUT2D eigenvalue weighted by Gasteiger charge is -2.28. The minimum absolute atomic E-state index is 0.541. The Morgan fingerprint density at radius 2 is 1.84 bits per heavy atom. The molecule has 0 spiro atoms. The van der Waals surface area contributed by atoms with Crippen molar-refractivity contribution in [3.63, 3.8) is 0 Å². The molecule has 1 aromatic heterocycles. The van der Waals surface area contributed by atoms with Crippen LogP contribution in [-0.2, 0) is 6.42 Å². The largest absolute Gasteiger partial charge is 0.370 e. The Kier molecular flexibility index (Phi) is 6.60. The van der Waals surface area contributed by atoms with E-state index < -0.39 is 0 Å². The molecular weight excluding hydrogens is 236 g/mol. The molecule has 0 saturated heterocycles. The highest BCUT2D eigenvalue weighted by molar-refractivity contribution is 5.49. The van der Waals surface area contributed by atoms with Crippen LogP contribution in [0.2, 0.25) is 0 Å². The summed E-state index contributed by atoms with van der Waals surface area (Å²) in [5.41, 5.74) is 0. The van der Waals surface area contributed by atoms with E-state index >= 15 is 0 Å². The van der Waals surface area contributed by atoms with Gasteiger partial charge in [-0.2, -0.15) is 0 Å². The van der Waals surface area contributed by atoms with Gasteiger partial charge in [-0.05, 0) is 26.2 Å². The van der Waals surface area contributed by atoms with Crippen molar-refractivity contribution in [3.05, 3.63) is 11.9 Å². The number of nitrogens with one attached hydrogen (secondary N) is 1. The van der Waals surface area contributed by atoms with Crippen LogP contribution in [0.5, 0.6) is 0 Å². The molecule has 19 heavy (non-hydrogen) atoms. The van der Waals surface area contributed by atoms with Crippen molar-refractivity contribution in [3.8, 4) is 0 Å². The maximum atomic E-state index is 4.70. The highest BCUT2D eigenvalue weighted by atomic mass is 15.2. The first kappa shape index (κ1) is 15.7. The van der Waals surface area contributed by atoms with Gasteiger partial charge < -0.3 is 10.2 Å². The maximum absolute atomic E-state index is 4.70. The van der Waals surface area contributed by atoms with E-state index in [-0.39, 0.29) is 0 Å². The summed E-state index contributed by atoms with van der Waals surface area (Å²) in [7, 11) is 2.13. The average Bonchev–Trinajstić information content (AvgIpc) is 2.40. The molecule has 0 aliphatic rings. The summed E-state index contributed by atoms with van der Waals surface area (Å²) >= 11 is 0. The van der Waals surface area contributed by atoms with Crippen molar-refractivity contribution in [1.82, 2.24) is 9.97 Å². The molecule has 1 rings (SSSR count). The van der Waals surface area contributed by atoms with Gasteiger partial charge in [0.1, 0.15) is 17.5 Å². The fourth-order valence-corrected chi connectivity index (χ4v) is 2.29.